The van der Waals surface area contributed by atoms with Gasteiger partial charge < -0.3 is 20.3 Å². The molecule has 0 aliphatic carbocycles. The van der Waals surface area contributed by atoms with Gasteiger partial charge in [-0.15, -0.1) is 0 Å². The SMILES string of the molecule is CCCCCCCCCCCCCCCCCC/C=C/C(O)C(CO)NC(=O)CCCCCCCCCCCCCCCCCCCCCCCCCCCCOC(=O)CCCCCCCCCCCCCCCCCCCCC. The van der Waals surface area contributed by atoms with Crippen LogP contribution in [0.3, 0.4) is 0 Å². The minimum atomic E-state index is -0.843. The Balaban J connectivity index is 3.35. The van der Waals surface area contributed by atoms with Gasteiger partial charge in [0.2, 0.25) is 5.91 Å². The first-order valence-corrected chi connectivity index (χ1v) is 37.0. The topological polar surface area (TPSA) is 95.9 Å². The van der Waals surface area contributed by atoms with Crippen LogP contribution in [-0.2, 0) is 14.3 Å². The number of nitrogens with one attached hydrogen (secondary N) is 1. The fourth-order valence-corrected chi connectivity index (χ4v) is 11.9. The van der Waals surface area contributed by atoms with E-state index in [-0.39, 0.29) is 18.5 Å². The number of carbonyl (C=O) groups is 2. The molecule has 0 aliphatic heterocycles. The molecule has 0 saturated carbocycles. The molecule has 476 valence electrons. The average Bonchev–Trinajstić information content (AvgIpc) is 3.46. The van der Waals surface area contributed by atoms with Gasteiger partial charge in [0.25, 0.3) is 0 Å². The van der Waals surface area contributed by atoms with E-state index in [0.717, 1.165) is 38.5 Å². The third kappa shape index (κ3) is 65.7. The van der Waals surface area contributed by atoms with Crippen LogP contribution in [0.2, 0.25) is 0 Å². The van der Waals surface area contributed by atoms with Crippen molar-refractivity contribution in [3.8, 4) is 0 Å². The first-order chi connectivity index (χ1) is 39.5. The lowest BCUT2D eigenvalue weighted by atomic mass is 10.0. The molecule has 0 spiro atoms. The molecule has 1 amide bonds. The number of carbonyl (C=O) groups excluding carboxylic acids is 2. The molecular weight excluding hydrogens is 983 g/mol. The third-order valence-corrected chi connectivity index (χ3v) is 17.6. The zero-order valence-corrected chi connectivity index (χ0v) is 54.6. The largest absolute Gasteiger partial charge is 0.466 e. The van der Waals surface area contributed by atoms with Crippen LogP contribution < -0.4 is 5.32 Å². The molecule has 0 saturated heterocycles. The fraction of sp³-hybridized carbons (Fsp3) is 0.946. The highest BCUT2D eigenvalue weighted by atomic mass is 16.5. The van der Waals surface area contributed by atoms with Gasteiger partial charge in [0.1, 0.15) is 0 Å². The van der Waals surface area contributed by atoms with Crippen molar-refractivity contribution < 1.29 is 24.5 Å². The number of rotatable bonds is 70. The van der Waals surface area contributed by atoms with Gasteiger partial charge in [0.05, 0.1) is 25.4 Å². The minimum absolute atomic E-state index is 0.0229. The summed E-state index contributed by atoms with van der Waals surface area (Å²) in [6, 6.07) is -0.626. The summed E-state index contributed by atoms with van der Waals surface area (Å²) in [5.74, 6) is -0.0387. The lowest BCUT2D eigenvalue weighted by Gasteiger charge is -2.20. The number of unbranched alkanes of at least 4 members (excludes halogenated alkanes) is 59. The predicted molar refractivity (Wildman–Crippen MR) is 352 cm³/mol. The van der Waals surface area contributed by atoms with Crippen LogP contribution in [0.5, 0.6) is 0 Å². The van der Waals surface area contributed by atoms with E-state index < -0.39 is 12.1 Å². The van der Waals surface area contributed by atoms with Gasteiger partial charge in [-0.1, -0.05) is 392 Å². The van der Waals surface area contributed by atoms with Crippen LogP contribution in [0.4, 0.5) is 0 Å². The van der Waals surface area contributed by atoms with Crippen molar-refractivity contribution in [3.05, 3.63) is 12.2 Å². The standard InChI is InChI=1S/C74H145NO5/c1-3-5-7-9-11-13-15-17-19-21-31-36-40-44-48-52-56-60-64-68-74(79)80-69-65-61-57-53-49-45-41-37-33-30-28-26-24-23-25-27-29-32-35-39-43-47-51-55-59-63-67-73(78)75-71(70-76)72(77)66-62-58-54-50-46-42-38-34-22-20-18-16-14-12-10-8-6-4-2/h62,66,71-72,76-77H,3-61,63-65,67-70H2,1-2H3,(H,75,78)/b66-62+. The average molecular weight is 1130 g/mol. The Morgan fingerprint density at radius 1 is 0.338 bits per heavy atom. The molecule has 0 radical (unpaired) electrons. The lowest BCUT2D eigenvalue weighted by molar-refractivity contribution is -0.143. The van der Waals surface area contributed by atoms with Crippen molar-refractivity contribution in [2.45, 2.75) is 437 Å². The van der Waals surface area contributed by atoms with Crippen LogP contribution in [0.25, 0.3) is 0 Å². The Labute approximate surface area is 501 Å². The molecule has 0 rings (SSSR count). The van der Waals surface area contributed by atoms with Crippen LogP contribution >= 0.6 is 0 Å². The first-order valence-electron chi connectivity index (χ1n) is 37.0. The molecule has 0 aromatic rings. The monoisotopic (exact) mass is 1130 g/mol. The summed E-state index contributed by atoms with van der Waals surface area (Å²) in [6.07, 6.45) is 87.3. The lowest BCUT2D eigenvalue weighted by Crippen LogP contribution is -2.45. The maximum atomic E-state index is 12.5. The van der Waals surface area contributed by atoms with Gasteiger partial charge in [0, 0.05) is 12.8 Å². The molecule has 2 atom stereocenters. The van der Waals surface area contributed by atoms with Gasteiger partial charge in [-0.3, -0.25) is 9.59 Å². The molecule has 0 heterocycles. The Morgan fingerprint density at radius 3 is 0.850 bits per heavy atom. The first kappa shape index (κ1) is 78.6. The number of amides is 1. The van der Waals surface area contributed by atoms with Gasteiger partial charge >= 0.3 is 5.97 Å². The number of hydrogen-bond acceptors (Lipinski definition) is 5. The predicted octanol–water partition coefficient (Wildman–Crippen LogP) is 23.9. The Bertz CT molecular complexity index is 1210. The summed E-state index contributed by atoms with van der Waals surface area (Å²) in [7, 11) is 0. The number of aliphatic hydroxyl groups is 2. The van der Waals surface area contributed by atoms with E-state index in [4.69, 9.17) is 4.74 Å². The van der Waals surface area contributed by atoms with E-state index in [9.17, 15) is 19.8 Å². The van der Waals surface area contributed by atoms with Gasteiger partial charge in [-0.2, -0.15) is 0 Å². The van der Waals surface area contributed by atoms with E-state index >= 15 is 0 Å². The molecular formula is C74H145NO5. The van der Waals surface area contributed by atoms with Gasteiger partial charge in [-0.05, 0) is 32.1 Å². The van der Waals surface area contributed by atoms with Crippen molar-refractivity contribution in [1.82, 2.24) is 5.32 Å². The quantitative estimate of drug-likeness (QED) is 0.0320. The normalized spacial score (nSPS) is 12.5. The summed E-state index contributed by atoms with van der Waals surface area (Å²) in [4.78, 5) is 24.6. The van der Waals surface area contributed by atoms with Gasteiger partial charge in [0.15, 0.2) is 0 Å². The highest BCUT2D eigenvalue weighted by molar-refractivity contribution is 5.76. The molecule has 0 aromatic carbocycles. The van der Waals surface area contributed by atoms with Crippen LogP contribution in [0.1, 0.15) is 425 Å². The maximum absolute atomic E-state index is 12.5. The molecule has 2 unspecified atom stereocenters. The van der Waals surface area contributed by atoms with E-state index in [1.807, 2.05) is 6.08 Å². The van der Waals surface area contributed by atoms with Crippen molar-refractivity contribution in [2.24, 2.45) is 0 Å². The summed E-state index contributed by atoms with van der Waals surface area (Å²) in [5, 5.41) is 23.2. The highest BCUT2D eigenvalue weighted by Gasteiger charge is 2.18. The van der Waals surface area contributed by atoms with Crippen LogP contribution in [0, 0.1) is 0 Å². The molecule has 6 heteroatoms. The molecule has 0 bridgehead atoms. The minimum Gasteiger partial charge on any atom is -0.466 e. The van der Waals surface area contributed by atoms with Crippen molar-refractivity contribution in [1.29, 1.82) is 0 Å². The fourth-order valence-electron chi connectivity index (χ4n) is 11.9. The van der Waals surface area contributed by atoms with Crippen molar-refractivity contribution >= 4 is 11.9 Å². The Kier molecular flexibility index (Phi) is 68.9. The third-order valence-electron chi connectivity index (χ3n) is 17.6. The maximum Gasteiger partial charge on any atom is 0.305 e. The van der Waals surface area contributed by atoms with E-state index in [1.54, 1.807) is 6.08 Å². The van der Waals surface area contributed by atoms with Crippen LogP contribution in [-0.4, -0.2) is 47.4 Å². The van der Waals surface area contributed by atoms with E-state index in [0.29, 0.717) is 19.4 Å². The van der Waals surface area contributed by atoms with E-state index in [2.05, 4.69) is 19.2 Å². The molecule has 80 heavy (non-hydrogen) atoms. The van der Waals surface area contributed by atoms with Crippen molar-refractivity contribution in [2.75, 3.05) is 13.2 Å². The Morgan fingerprint density at radius 2 is 0.575 bits per heavy atom. The second kappa shape index (κ2) is 70.1. The number of allylic oxidation sites excluding steroid dienone is 1. The second-order valence-corrected chi connectivity index (χ2v) is 25.6. The van der Waals surface area contributed by atoms with Gasteiger partial charge in [-0.25, -0.2) is 0 Å². The molecule has 6 nitrogen and oxygen atoms in total. The van der Waals surface area contributed by atoms with Crippen molar-refractivity contribution in [3.63, 3.8) is 0 Å². The number of aliphatic hydroxyl groups excluding tert-OH is 2. The number of ether oxygens (including phenoxy) is 1. The Hall–Kier alpha value is -1.40. The second-order valence-electron chi connectivity index (χ2n) is 25.6. The van der Waals surface area contributed by atoms with Crippen LogP contribution in [0.15, 0.2) is 12.2 Å². The summed E-state index contributed by atoms with van der Waals surface area (Å²) >= 11 is 0. The zero-order chi connectivity index (χ0) is 57.8. The van der Waals surface area contributed by atoms with E-state index in [1.165, 1.54) is 360 Å². The number of esters is 1. The summed E-state index contributed by atoms with van der Waals surface area (Å²) in [6.45, 7) is 4.96. The smallest absolute Gasteiger partial charge is 0.305 e. The number of hydrogen-bond donors (Lipinski definition) is 3. The molecule has 3 N–H and O–H groups in total. The highest BCUT2D eigenvalue weighted by Crippen LogP contribution is 2.20. The molecule has 0 aromatic heterocycles. The molecule has 0 fully saturated rings. The summed E-state index contributed by atoms with van der Waals surface area (Å²) in [5.41, 5.74) is 0. The molecule has 0 aliphatic rings. The summed E-state index contributed by atoms with van der Waals surface area (Å²) < 4.78 is 5.52. The zero-order valence-electron chi connectivity index (χ0n) is 54.6.